The fourth-order valence-corrected chi connectivity index (χ4v) is 5.77. The van der Waals surface area contributed by atoms with Crippen molar-refractivity contribution in [1.29, 1.82) is 0 Å². The molecule has 1 amide bonds. The number of piperidine rings is 1. The number of nitrogens with zero attached hydrogens (tertiary/aromatic N) is 4. The fraction of sp³-hybridized carbons (Fsp3) is 0.571. The van der Waals surface area contributed by atoms with Crippen LogP contribution in [0.1, 0.15) is 49.8 Å². The molecule has 0 N–H and O–H groups in total. The molecule has 0 saturated carbocycles. The number of piperazine rings is 1. The van der Waals surface area contributed by atoms with Gasteiger partial charge < -0.3 is 19.4 Å². The van der Waals surface area contributed by atoms with E-state index in [4.69, 9.17) is 9.72 Å². The largest absolute Gasteiger partial charge is 0.381 e. The topological polar surface area (TPSA) is 48.9 Å². The maximum atomic E-state index is 13.5. The summed E-state index contributed by atoms with van der Waals surface area (Å²) in [6.07, 6.45) is 6.75. The minimum absolute atomic E-state index is 0.00509. The summed E-state index contributed by atoms with van der Waals surface area (Å²) in [6.45, 7) is 10.1. The third-order valence-corrected chi connectivity index (χ3v) is 7.91. The molecular weight excluding hydrogens is 424 g/mol. The molecule has 0 radical (unpaired) electrons. The third kappa shape index (κ3) is 5.13. The van der Waals surface area contributed by atoms with Gasteiger partial charge in [-0.25, -0.2) is 0 Å². The Morgan fingerprint density at radius 3 is 2.47 bits per heavy atom. The summed E-state index contributed by atoms with van der Waals surface area (Å²) in [5.41, 5.74) is 4.68. The zero-order valence-electron chi connectivity index (χ0n) is 20.5. The van der Waals surface area contributed by atoms with E-state index < -0.39 is 0 Å². The summed E-state index contributed by atoms with van der Waals surface area (Å²) in [6, 6.07) is 12.9. The molecule has 182 valence electrons. The molecule has 1 unspecified atom stereocenters. The van der Waals surface area contributed by atoms with Crippen LogP contribution >= 0.6 is 0 Å². The van der Waals surface area contributed by atoms with Gasteiger partial charge in [-0.1, -0.05) is 19.1 Å². The lowest BCUT2D eigenvalue weighted by Gasteiger charge is -2.37. The van der Waals surface area contributed by atoms with Crippen molar-refractivity contribution in [3.05, 3.63) is 53.9 Å². The summed E-state index contributed by atoms with van der Waals surface area (Å²) < 4.78 is 5.51. The monoisotopic (exact) mass is 462 g/mol. The molecule has 4 heterocycles. The summed E-state index contributed by atoms with van der Waals surface area (Å²) >= 11 is 0. The number of aromatic nitrogens is 1. The van der Waals surface area contributed by atoms with Crippen LogP contribution in [0.3, 0.4) is 0 Å². The van der Waals surface area contributed by atoms with Gasteiger partial charge in [-0.3, -0.25) is 9.78 Å². The Hall–Kier alpha value is -2.44. The van der Waals surface area contributed by atoms with E-state index in [-0.39, 0.29) is 11.8 Å². The highest BCUT2D eigenvalue weighted by Gasteiger charge is 2.31. The lowest BCUT2D eigenvalue weighted by atomic mass is 9.90. The Bertz CT molecular complexity index is 949. The molecule has 5 rings (SSSR count). The van der Waals surface area contributed by atoms with Crippen molar-refractivity contribution < 1.29 is 9.53 Å². The molecule has 3 aliphatic heterocycles. The van der Waals surface area contributed by atoms with Crippen molar-refractivity contribution in [2.45, 2.75) is 44.9 Å². The number of carbonyl (C=O) groups excluding carboxylic acids is 1. The van der Waals surface area contributed by atoms with E-state index >= 15 is 0 Å². The van der Waals surface area contributed by atoms with Crippen molar-refractivity contribution in [3.63, 3.8) is 0 Å². The van der Waals surface area contributed by atoms with Crippen LogP contribution < -0.4 is 9.80 Å². The highest BCUT2D eigenvalue weighted by Crippen LogP contribution is 2.32. The van der Waals surface area contributed by atoms with Gasteiger partial charge in [-0.05, 0) is 68.0 Å². The van der Waals surface area contributed by atoms with Crippen LogP contribution in [0.15, 0.2) is 42.6 Å². The number of carbonyl (C=O) groups is 1. The molecule has 0 spiro atoms. The standard InChI is InChI=1S/C28H38N4O2/c1-2-30-15-17-31(18-16-30)27-6-3-13-29-26(27)21-24-5-4-14-32(28(24)33)25-9-7-22(8-10-25)23-11-19-34-20-12-23/h3,6-10,13,23-24H,2,4-5,11-12,14-21H2,1H3. The molecule has 1 aromatic carbocycles. The van der Waals surface area contributed by atoms with Crippen LogP contribution in [0.4, 0.5) is 11.4 Å². The third-order valence-electron chi connectivity index (χ3n) is 7.91. The van der Waals surface area contributed by atoms with E-state index in [9.17, 15) is 4.79 Å². The van der Waals surface area contributed by atoms with Crippen molar-refractivity contribution in [1.82, 2.24) is 9.88 Å². The summed E-state index contributed by atoms with van der Waals surface area (Å²) in [5, 5.41) is 0. The SMILES string of the molecule is CCN1CCN(c2cccnc2CC2CCCN(c3ccc(C4CCOCC4)cc3)C2=O)CC1. The lowest BCUT2D eigenvalue weighted by Crippen LogP contribution is -2.46. The first-order valence-electron chi connectivity index (χ1n) is 13.1. The first kappa shape index (κ1) is 23.3. The smallest absolute Gasteiger partial charge is 0.230 e. The van der Waals surface area contributed by atoms with Crippen molar-refractivity contribution in [2.75, 3.05) is 62.3 Å². The van der Waals surface area contributed by atoms with Gasteiger partial charge in [-0.15, -0.1) is 0 Å². The van der Waals surface area contributed by atoms with Crippen molar-refractivity contribution >= 4 is 17.3 Å². The number of rotatable bonds is 6. The van der Waals surface area contributed by atoms with Gasteiger partial charge in [0.1, 0.15) is 0 Å². The second-order valence-corrected chi connectivity index (χ2v) is 9.90. The number of amides is 1. The maximum absolute atomic E-state index is 13.5. The Kier molecular flexibility index (Phi) is 7.45. The van der Waals surface area contributed by atoms with Gasteiger partial charge in [-0.2, -0.15) is 0 Å². The molecule has 34 heavy (non-hydrogen) atoms. The van der Waals surface area contributed by atoms with Crippen LogP contribution in [0, 0.1) is 5.92 Å². The predicted molar refractivity (Wildman–Crippen MR) is 137 cm³/mol. The number of anilines is 2. The summed E-state index contributed by atoms with van der Waals surface area (Å²) in [4.78, 5) is 25.2. The number of benzene rings is 1. The molecule has 0 aliphatic carbocycles. The Balaban J connectivity index is 1.27. The van der Waals surface area contributed by atoms with Gasteiger partial charge in [0, 0.05) is 70.2 Å². The number of likely N-dealkylation sites (N-methyl/N-ethyl adjacent to an activating group) is 1. The first-order valence-corrected chi connectivity index (χ1v) is 13.1. The van der Waals surface area contributed by atoms with Gasteiger partial charge in [0.2, 0.25) is 5.91 Å². The summed E-state index contributed by atoms with van der Waals surface area (Å²) in [5.74, 6) is 0.821. The molecule has 1 atom stereocenters. The van der Waals surface area contributed by atoms with Crippen LogP contribution in [0.5, 0.6) is 0 Å². The van der Waals surface area contributed by atoms with E-state index in [0.717, 1.165) is 96.0 Å². The maximum Gasteiger partial charge on any atom is 0.230 e. The fourth-order valence-electron chi connectivity index (χ4n) is 5.77. The highest BCUT2D eigenvalue weighted by atomic mass is 16.5. The molecule has 1 aromatic heterocycles. The van der Waals surface area contributed by atoms with Gasteiger partial charge in [0.05, 0.1) is 11.4 Å². The van der Waals surface area contributed by atoms with E-state index in [2.05, 4.69) is 47.1 Å². The first-order chi connectivity index (χ1) is 16.7. The second kappa shape index (κ2) is 10.9. The van der Waals surface area contributed by atoms with E-state index in [1.165, 1.54) is 11.3 Å². The minimum Gasteiger partial charge on any atom is -0.381 e. The van der Waals surface area contributed by atoms with Gasteiger partial charge in [0.15, 0.2) is 0 Å². The van der Waals surface area contributed by atoms with Gasteiger partial charge in [0.25, 0.3) is 0 Å². The Morgan fingerprint density at radius 2 is 1.74 bits per heavy atom. The van der Waals surface area contributed by atoms with E-state index in [0.29, 0.717) is 5.92 Å². The normalized spacial score (nSPS) is 22.9. The number of hydrogen-bond acceptors (Lipinski definition) is 5. The molecule has 0 bridgehead atoms. The molecule has 6 heteroatoms. The molecular formula is C28H38N4O2. The molecule has 3 aliphatic rings. The Morgan fingerprint density at radius 1 is 0.971 bits per heavy atom. The van der Waals surface area contributed by atoms with Crippen LogP contribution in [-0.2, 0) is 16.0 Å². The average molecular weight is 463 g/mol. The van der Waals surface area contributed by atoms with Crippen molar-refractivity contribution in [3.8, 4) is 0 Å². The van der Waals surface area contributed by atoms with Crippen LogP contribution in [0.25, 0.3) is 0 Å². The van der Waals surface area contributed by atoms with Crippen LogP contribution in [0.2, 0.25) is 0 Å². The second-order valence-electron chi connectivity index (χ2n) is 9.90. The zero-order chi connectivity index (χ0) is 23.3. The molecule has 2 aromatic rings. The Labute approximate surface area is 203 Å². The lowest BCUT2D eigenvalue weighted by molar-refractivity contribution is -0.123. The predicted octanol–water partition coefficient (Wildman–Crippen LogP) is 4.10. The number of hydrogen-bond donors (Lipinski definition) is 0. The summed E-state index contributed by atoms with van der Waals surface area (Å²) in [7, 11) is 0. The molecule has 3 fully saturated rings. The van der Waals surface area contributed by atoms with Gasteiger partial charge >= 0.3 is 0 Å². The van der Waals surface area contributed by atoms with Crippen LogP contribution in [-0.4, -0.2) is 68.3 Å². The van der Waals surface area contributed by atoms with E-state index in [1.807, 2.05) is 17.2 Å². The number of ether oxygens (including phenoxy) is 1. The minimum atomic E-state index is -0.00509. The quantitative estimate of drug-likeness (QED) is 0.647. The molecule has 3 saturated heterocycles. The average Bonchev–Trinajstić information content (AvgIpc) is 2.91. The highest BCUT2D eigenvalue weighted by molar-refractivity contribution is 5.96. The van der Waals surface area contributed by atoms with Crippen molar-refractivity contribution in [2.24, 2.45) is 5.92 Å². The van der Waals surface area contributed by atoms with E-state index in [1.54, 1.807) is 0 Å². The molecule has 6 nitrogen and oxygen atoms in total. The zero-order valence-corrected chi connectivity index (χ0v) is 20.5. The number of pyridine rings is 1.